The molecule has 0 saturated carbocycles. The van der Waals surface area contributed by atoms with E-state index in [1.165, 1.54) is 4.90 Å². The van der Waals surface area contributed by atoms with Gasteiger partial charge in [-0.2, -0.15) is 5.10 Å². The fraction of sp³-hybridized carbons (Fsp3) is 0.167. The summed E-state index contributed by atoms with van der Waals surface area (Å²) in [5.74, 6) is -1.17. The molecule has 0 radical (unpaired) electrons. The molecule has 0 atom stereocenters. The summed E-state index contributed by atoms with van der Waals surface area (Å²) in [6, 6.07) is 12.4. The van der Waals surface area contributed by atoms with Crippen LogP contribution in [0.1, 0.15) is 5.69 Å². The zero-order valence-electron chi connectivity index (χ0n) is 13.6. The topological polar surface area (TPSA) is 71.1 Å². The summed E-state index contributed by atoms with van der Waals surface area (Å²) in [5.41, 5.74) is 1.20. The Hall–Kier alpha value is -3.06. The Morgan fingerprint density at radius 3 is 2.84 bits per heavy atom. The molecule has 6 nitrogen and oxygen atoms in total. The molecule has 7 heteroatoms. The molecule has 0 fully saturated rings. The zero-order valence-corrected chi connectivity index (χ0v) is 13.6. The number of nitrogens with zero attached hydrogens (tertiary/aromatic N) is 3. The van der Waals surface area contributed by atoms with Crippen molar-refractivity contribution in [2.45, 2.75) is 0 Å². The van der Waals surface area contributed by atoms with Gasteiger partial charge in [-0.1, -0.05) is 18.2 Å². The maximum absolute atomic E-state index is 14.6. The number of ether oxygens (including phenoxy) is 1. The van der Waals surface area contributed by atoms with Crippen molar-refractivity contribution in [3.05, 3.63) is 60.4 Å². The van der Waals surface area contributed by atoms with E-state index in [-0.39, 0.29) is 5.69 Å². The standard InChI is InChI=1S/C18H17FN4O2/c1-25-11-10-23(13-6-3-2-4-7-13)16(24)12-15(19)17-14-8-5-9-20-18(14)22-21-17/h2-9,12H,10-11H2,1H3,(H,20,21,22)/b15-12-. The second kappa shape index (κ2) is 7.67. The molecule has 1 N–H and O–H groups in total. The number of methoxy groups -OCH3 is 1. The van der Waals surface area contributed by atoms with Crippen LogP contribution in [-0.4, -0.2) is 41.3 Å². The van der Waals surface area contributed by atoms with E-state index >= 15 is 0 Å². The van der Waals surface area contributed by atoms with Crippen molar-refractivity contribution in [3.63, 3.8) is 0 Å². The van der Waals surface area contributed by atoms with Crippen LogP contribution in [0.5, 0.6) is 0 Å². The largest absolute Gasteiger partial charge is 0.383 e. The molecular weight excluding hydrogens is 323 g/mol. The summed E-state index contributed by atoms with van der Waals surface area (Å²) in [6.07, 6.45) is 2.52. The van der Waals surface area contributed by atoms with Gasteiger partial charge in [0.25, 0.3) is 5.91 Å². The van der Waals surface area contributed by atoms with Crippen molar-refractivity contribution in [1.29, 1.82) is 0 Å². The van der Waals surface area contributed by atoms with Gasteiger partial charge in [0.1, 0.15) is 5.69 Å². The van der Waals surface area contributed by atoms with Crippen LogP contribution in [0.15, 0.2) is 54.7 Å². The number of carbonyl (C=O) groups excluding carboxylic acids is 1. The number of carbonyl (C=O) groups is 1. The van der Waals surface area contributed by atoms with E-state index in [9.17, 15) is 9.18 Å². The Labute approximate surface area is 143 Å². The van der Waals surface area contributed by atoms with Crippen LogP contribution in [-0.2, 0) is 9.53 Å². The molecule has 0 saturated heterocycles. The molecule has 0 aliphatic rings. The number of para-hydroxylation sites is 1. The van der Waals surface area contributed by atoms with E-state index in [4.69, 9.17) is 4.74 Å². The number of nitrogens with one attached hydrogen (secondary N) is 1. The van der Waals surface area contributed by atoms with E-state index < -0.39 is 11.7 Å². The van der Waals surface area contributed by atoms with Crippen LogP contribution in [0.25, 0.3) is 16.9 Å². The molecule has 0 unspecified atom stereocenters. The minimum Gasteiger partial charge on any atom is -0.383 e. The van der Waals surface area contributed by atoms with E-state index in [1.807, 2.05) is 18.2 Å². The molecule has 1 aromatic carbocycles. The number of hydrogen-bond donors (Lipinski definition) is 1. The van der Waals surface area contributed by atoms with Crippen LogP contribution in [0.3, 0.4) is 0 Å². The number of fused-ring (bicyclic) bond motifs is 1. The third-order valence-corrected chi connectivity index (χ3v) is 3.67. The molecule has 0 aliphatic heterocycles. The van der Waals surface area contributed by atoms with Gasteiger partial charge in [-0.05, 0) is 24.3 Å². The Morgan fingerprint density at radius 2 is 2.08 bits per heavy atom. The highest BCUT2D eigenvalue weighted by Gasteiger charge is 2.17. The summed E-state index contributed by atoms with van der Waals surface area (Å²) in [5, 5.41) is 7.05. The number of rotatable bonds is 6. The second-order valence-electron chi connectivity index (χ2n) is 5.28. The minimum absolute atomic E-state index is 0.135. The summed E-state index contributed by atoms with van der Waals surface area (Å²) in [7, 11) is 1.55. The SMILES string of the molecule is COCCN(C(=O)/C=C(\F)c1[nH]nc2ncccc12)c1ccccc1. The summed E-state index contributed by atoms with van der Waals surface area (Å²) in [4.78, 5) is 18.1. The summed E-state index contributed by atoms with van der Waals surface area (Å²) in [6.45, 7) is 0.654. The van der Waals surface area contributed by atoms with Gasteiger partial charge in [0.05, 0.1) is 6.61 Å². The zero-order chi connectivity index (χ0) is 17.6. The van der Waals surface area contributed by atoms with Gasteiger partial charge in [0, 0.05) is 37.0 Å². The highest BCUT2D eigenvalue weighted by atomic mass is 19.1. The van der Waals surface area contributed by atoms with Crippen molar-refractivity contribution in [3.8, 4) is 0 Å². The normalized spacial score (nSPS) is 11.7. The average Bonchev–Trinajstić information content (AvgIpc) is 3.07. The van der Waals surface area contributed by atoms with Crippen molar-refractivity contribution in [2.75, 3.05) is 25.2 Å². The van der Waals surface area contributed by atoms with E-state index in [0.29, 0.717) is 29.9 Å². The van der Waals surface area contributed by atoms with E-state index in [0.717, 1.165) is 6.08 Å². The predicted molar refractivity (Wildman–Crippen MR) is 93.6 cm³/mol. The Bertz CT molecular complexity index is 892. The van der Waals surface area contributed by atoms with Gasteiger partial charge in [-0.15, -0.1) is 0 Å². The van der Waals surface area contributed by atoms with Crippen molar-refractivity contribution < 1.29 is 13.9 Å². The number of pyridine rings is 1. The Balaban J connectivity index is 1.90. The maximum atomic E-state index is 14.6. The molecule has 25 heavy (non-hydrogen) atoms. The average molecular weight is 340 g/mol. The van der Waals surface area contributed by atoms with E-state index in [2.05, 4.69) is 15.2 Å². The van der Waals surface area contributed by atoms with Gasteiger partial charge >= 0.3 is 0 Å². The summed E-state index contributed by atoms with van der Waals surface area (Å²) >= 11 is 0. The third kappa shape index (κ3) is 3.72. The van der Waals surface area contributed by atoms with Gasteiger partial charge < -0.3 is 9.64 Å². The molecule has 3 aromatic rings. The number of anilines is 1. The second-order valence-corrected chi connectivity index (χ2v) is 5.28. The summed E-state index contributed by atoms with van der Waals surface area (Å²) < 4.78 is 19.7. The Kier molecular flexibility index (Phi) is 5.15. The number of hydrogen-bond acceptors (Lipinski definition) is 4. The monoisotopic (exact) mass is 340 g/mol. The molecule has 3 rings (SSSR count). The van der Waals surface area contributed by atoms with E-state index in [1.54, 1.807) is 37.6 Å². The van der Waals surface area contributed by atoms with Gasteiger partial charge in [-0.3, -0.25) is 9.89 Å². The molecule has 2 aromatic heterocycles. The third-order valence-electron chi connectivity index (χ3n) is 3.67. The highest BCUT2D eigenvalue weighted by Crippen LogP contribution is 2.23. The quantitative estimate of drug-likeness (QED) is 0.700. The lowest BCUT2D eigenvalue weighted by molar-refractivity contribution is -0.114. The molecule has 128 valence electrons. The number of benzene rings is 1. The van der Waals surface area contributed by atoms with Gasteiger partial charge in [-0.25, -0.2) is 9.37 Å². The number of amides is 1. The first-order valence-electron chi connectivity index (χ1n) is 7.73. The van der Waals surface area contributed by atoms with Crippen LogP contribution in [0.4, 0.5) is 10.1 Å². The predicted octanol–water partition coefficient (Wildman–Crippen LogP) is 2.95. The van der Waals surface area contributed by atoms with Gasteiger partial charge in [0.2, 0.25) is 0 Å². The lowest BCUT2D eigenvalue weighted by Crippen LogP contribution is -2.32. The minimum atomic E-state index is -0.696. The molecule has 0 spiro atoms. The number of aromatic nitrogens is 3. The first kappa shape index (κ1) is 16.8. The smallest absolute Gasteiger partial charge is 0.254 e. The van der Waals surface area contributed by atoms with Crippen LogP contribution in [0, 0.1) is 0 Å². The van der Waals surface area contributed by atoms with Crippen molar-refractivity contribution >= 4 is 28.5 Å². The number of aromatic amines is 1. The molecule has 0 bridgehead atoms. The fourth-order valence-corrected chi connectivity index (χ4v) is 2.45. The first-order chi connectivity index (χ1) is 12.2. The Morgan fingerprint density at radius 1 is 1.28 bits per heavy atom. The fourth-order valence-electron chi connectivity index (χ4n) is 2.45. The molecule has 1 amide bonds. The van der Waals surface area contributed by atoms with Crippen LogP contribution in [0.2, 0.25) is 0 Å². The molecular formula is C18H17FN4O2. The maximum Gasteiger partial charge on any atom is 0.254 e. The van der Waals surface area contributed by atoms with Crippen molar-refractivity contribution in [1.82, 2.24) is 15.2 Å². The molecule has 0 aliphatic carbocycles. The highest BCUT2D eigenvalue weighted by molar-refractivity contribution is 6.06. The van der Waals surface area contributed by atoms with Crippen molar-refractivity contribution in [2.24, 2.45) is 0 Å². The van der Waals surface area contributed by atoms with Gasteiger partial charge in [0.15, 0.2) is 11.5 Å². The van der Waals surface area contributed by atoms with Crippen LogP contribution < -0.4 is 4.90 Å². The van der Waals surface area contributed by atoms with Crippen LogP contribution >= 0.6 is 0 Å². The first-order valence-corrected chi connectivity index (χ1v) is 7.73. The number of H-pyrrole nitrogens is 1. The number of halogens is 1. The lowest BCUT2D eigenvalue weighted by Gasteiger charge is -2.21. The lowest BCUT2D eigenvalue weighted by atomic mass is 10.2. The molecule has 2 heterocycles.